The van der Waals surface area contributed by atoms with Crippen molar-refractivity contribution < 1.29 is 19.1 Å². The molecule has 37 heavy (non-hydrogen) atoms. The molecular weight excluding hydrogens is 473 g/mol. The number of H-pyrrole nitrogens is 1. The number of hydrogen-bond donors (Lipinski definition) is 3. The Labute approximate surface area is 212 Å². The lowest BCUT2D eigenvalue weighted by Crippen LogP contribution is -2.40. The van der Waals surface area contributed by atoms with E-state index in [0.717, 1.165) is 11.1 Å². The maximum absolute atomic E-state index is 13.5. The first-order valence-corrected chi connectivity index (χ1v) is 11.8. The van der Waals surface area contributed by atoms with Crippen molar-refractivity contribution in [3.8, 4) is 5.75 Å². The summed E-state index contributed by atoms with van der Waals surface area (Å²) in [5.41, 5.74) is 2.50. The van der Waals surface area contributed by atoms with Crippen LogP contribution in [0.15, 0.2) is 89.7 Å². The molecule has 1 unspecified atom stereocenters. The van der Waals surface area contributed by atoms with Crippen LogP contribution in [-0.2, 0) is 19.5 Å². The van der Waals surface area contributed by atoms with E-state index in [2.05, 4.69) is 10.3 Å². The molecule has 1 aliphatic rings. The van der Waals surface area contributed by atoms with Gasteiger partial charge in [0.1, 0.15) is 5.82 Å². The molecule has 0 saturated heterocycles. The normalized spacial score (nSPS) is 14.6. The number of carbonyl (C=O) groups is 2. The molecule has 1 aliphatic heterocycles. The van der Waals surface area contributed by atoms with Crippen LogP contribution in [0, 0.1) is 5.82 Å². The van der Waals surface area contributed by atoms with Crippen LogP contribution in [0.3, 0.4) is 0 Å². The van der Waals surface area contributed by atoms with Gasteiger partial charge >= 0.3 is 0 Å². The standard InChI is InChI=1S/C29H24FN3O4/c30-22-12-10-18(11-13-22)16-31-28(36)26-27(35)25(34)15-23(32-26)24-14-20-8-4-5-9-21(20)17-33(24)29(37)19-6-2-1-3-7-19/h1-13,15,24,35H,14,16-17H2,(H,31,36)(H,32,34). The Balaban J connectivity index is 1.49. The summed E-state index contributed by atoms with van der Waals surface area (Å²) >= 11 is 0. The largest absolute Gasteiger partial charge is 0.503 e. The third-order valence-corrected chi connectivity index (χ3v) is 6.51. The van der Waals surface area contributed by atoms with Crippen LogP contribution in [0.5, 0.6) is 5.75 Å². The highest BCUT2D eigenvalue weighted by Crippen LogP contribution is 2.34. The predicted octanol–water partition coefficient (Wildman–Crippen LogP) is 4.09. The Morgan fingerprint density at radius 3 is 2.38 bits per heavy atom. The van der Waals surface area contributed by atoms with Gasteiger partial charge in [-0.3, -0.25) is 14.4 Å². The lowest BCUT2D eigenvalue weighted by Gasteiger charge is -2.37. The van der Waals surface area contributed by atoms with Crippen molar-refractivity contribution in [1.82, 2.24) is 15.2 Å². The highest BCUT2D eigenvalue weighted by Gasteiger charge is 2.33. The van der Waals surface area contributed by atoms with E-state index >= 15 is 0 Å². The van der Waals surface area contributed by atoms with E-state index in [-0.39, 0.29) is 18.1 Å². The van der Waals surface area contributed by atoms with Gasteiger partial charge in [0.15, 0.2) is 11.4 Å². The van der Waals surface area contributed by atoms with Gasteiger partial charge in [-0.05, 0) is 47.4 Å². The van der Waals surface area contributed by atoms with Gasteiger partial charge in [-0.2, -0.15) is 0 Å². The third kappa shape index (κ3) is 4.99. The first kappa shape index (κ1) is 24.0. The number of halogens is 1. The summed E-state index contributed by atoms with van der Waals surface area (Å²) in [6.07, 6.45) is 0.423. The average molecular weight is 498 g/mol. The van der Waals surface area contributed by atoms with Crippen LogP contribution in [0.1, 0.15) is 49.3 Å². The molecule has 3 aromatic carbocycles. The lowest BCUT2D eigenvalue weighted by molar-refractivity contribution is 0.0633. The fourth-order valence-corrected chi connectivity index (χ4v) is 4.55. The third-order valence-electron chi connectivity index (χ3n) is 6.51. The Hall–Kier alpha value is -4.72. The molecule has 0 fully saturated rings. The van der Waals surface area contributed by atoms with Crippen molar-refractivity contribution in [1.29, 1.82) is 0 Å². The second-order valence-electron chi connectivity index (χ2n) is 8.91. The Kier molecular flexibility index (Phi) is 6.55. The molecule has 0 aliphatic carbocycles. The summed E-state index contributed by atoms with van der Waals surface area (Å²) in [6, 6.07) is 22.9. The number of carbonyl (C=O) groups excluding carboxylic acids is 2. The molecule has 4 aromatic rings. The second-order valence-corrected chi connectivity index (χ2v) is 8.91. The zero-order valence-corrected chi connectivity index (χ0v) is 19.8. The Bertz CT molecular complexity index is 1520. The van der Waals surface area contributed by atoms with Crippen LogP contribution < -0.4 is 10.7 Å². The zero-order valence-electron chi connectivity index (χ0n) is 19.8. The number of aromatic amines is 1. The number of benzene rings is 3. The summed E-state index contributed by atoms with van der Waals surface area (Å²) in [5, 5.41) is 13.0. The molecule has 186 valence electrons. The maximum Gasteiger partial charge on any atom is 0.271 e. The van der Waals surface area contributed by atoms with E-state index in [1.54, 1.807) is 29.2 Å². The molecule has 0 bridgehead atoms. The molecule has 0 spiro atoms. The first-order chi connectivity index (χ1) is 17.9. The summed E-state index contributed by atoms with van der Waals surface area (Å²) in [7, 11) is 0. The molecule has 1 atom stereocenters. The maximum atomic E-state index is 13.5. The first-order valence-electron chi connectivity index (χ1n) is 11.8. The number of aromatic nitrogens is 1. The van der Waals surface area contributed by atoms with Gasteiger partial charge in [-0.15, -0.1) is 0 Å². The van der Waals surface area contributed by atoms with Crippen molar-refractivity contribution in [2.45, 2.75) is 25.6 Å². The Morgan fingerprint density at radius 1 is 0.973 bits per heavy atom. The molecular formula is C29H24FN3O4. The van der Waals surface area contributed by atoms with Gasteiger partial charge in [0.05, 0.1) is 6.04 Å². The van der Waals surface area contributed by atoms with Crippen molar-refractivity contribution in [2.75, 3.05) is 0 Å². The van der Waals surface area contributed by atoms with Gasteiger partial charge < -0.3 is 20.3 Å². The highest BCUT2D eigenvalue weighted by atomic mass is 19.1. The molecule has 2 amide bonds. The van der Waals surface area contributed by atoms with Crippen molar-refractivity contribution in [2.24, 2.45) is 0 Å². The van der Waals surface area contributed by atoms with E-state index in [1.165, 1.54) is 30.3 Å². The van der Waals surface area contributed by atoms with Crippen molar-refractivity contribution >= 4 is 11.8 Å². The zero-order chi connectivity index (χ0) is 25.9. The molecule has 5 rings (SSSR count). The second kappa shape index (κ2) is 10.1. The van der Waals surface area contributed by atoms with Gasteiger partial charge in [0.2, 0.25) is 5.43 Å². The van der Waals surface area contributed by atoms with Gasteiger partial charge in [-0.1, -0.05) is 54.6 Å². The van der Waals surface area contributed by atoms with Gasteiger partial charge in [0.25, 0.3) is 11.8 Å². The van der Waals surface area contributed by atoms with Crippen molar-refractivity contribution in [3.05, 3.63) is 135 Å². The van der Waals surface area contributed by atoms with E-state index in [1.807, 2.05) is 30.3 Å². The Morgan fingerprint density at radius 2 is 1.65 bits per heavy atom. The summed E-state index contributed by atoms with van der Waals surface area (Å²) < 4.78 is 13.2. The van der Waals surface area contributed by atoms with Crippen LogP contribution in [-0.4, -0.2) is 26.8 Å². The van der Waals surface area contributed by atoms with Gasteiger partial charge in [-0.25, -0.2) is 4.39 Å². The SMILES string of the molecule is O=C(NCc1ccc(F)cc1)c1[nH]c(C2Cc3ccccc3CN2C(=O)c2ccccc2)cc(=O)c1O. The summed E-state index contributed by atoms with van der Waals surface area (Å²) in [4.78, 5) is 43.8. The van der Waals surface area contributed by atoms with E-state index in [4.69, 9.17) is 0 Å². The van der Waals surface area contributed by atoms with Gasteiger partial charge in [0, 0.05) is 30.4 Å². The molecule has 1 aromatic heterocycles. The molecule has 3 N–H and O–H groups in total. The number of nitrogens with one attached hydrogen (secondary N) is 2. The summed E-state index contributed by atoms with van der Waals surface area (Å²) in [6.45, 7) is 0.393. The number of rotatable bonds is 5. The molecule has 2 heterocycles. The smallest absolute Gasteiger partial charge is 0.271 e. The molecule has 8 heteroatoms. The number of aromatic hydroxyl groups is 1. The van der Waals surface area contributed by atoms with Crippen LogP contribution in [0.25, 0.3) is 0 Å². The van der Waals surface area contributed by atoms with E-state index in [0.29, 0.717) is 29.8 Å². The van der Waals surface area contributed by atoms with Crippen LogP contribution >= 0.6 is 0 Å². The quantitative estimate of drug-likeness (QED) is 0.387. The highest BCUT2D eigenvalue weighted by molar-refractivity contribution is 5.95. The minimum atomic E-state index is -0.730. The fraction of sp³-hybridized carbons (Fsp3) is 0.138. The fourth-order valence-electron chi connectivity index (χ4n) is 4.55. The monoisotopic (exact) mass is 497 g/mol. The van der Waals surface area contributed by atoms with Crippen LogP contribution in [0.4, 0.5) is 4.39 Å². The van der Waals surface area contributed by atoms with E-state index in [9.17, 15) is 23.9 Å². The minimum absolute atomic E-state index is 0.0697. The number of nitrogens with zero attached hydrogens (tertiary/aromatic N) is 1. The topological polar surface area (TPSA) is 103 Å². The summed E-state index contributed by atoms with van der Waals surface area (Å²) in [5.74, 6) is -2.01. The number of amides is 2. The number of pyridine rings is 1. The van der Waals surface area contributed by atoms with Crippen molar-refractivity contribution in [3.63, 3.8) is 0 Å². The van der Waals surface area contributed by atoms with E-state index < -0.39 is 28.9 Å². The predicted molar refractivity (Wildman–Crippen MR) is 136 cm³/mol. The number of hydrogen-bond acceptors (Lipinski definition) is 4. The number of fused-ring (bicyclic) bond motifs is 1. The minimum Gasteiger partial charge on any atom is -0.503 e. The molecule has 0 radical (unpaired) electrons. The lowest BCUT2D eigenvalue weighted by atomic mass is 9.91. The molecule has 0 saturated carbocycles. The molecule has 7 nitrogen and oxygen atoms in total. The average Bonchev–Trinajstić information content (AvgIpc) is 2.93. The van der Waals surface area contributed by atoms with Crippen LogP contribution in [0.2, 0.25) is 0 Å².